The van der Waals surface area contributed by atoms with Crippen molar-refractivity contribution in [1.29, 1.82) is 0 Å². The summed E-state index contributed by atoms with van der Waals surface area (Å²) >= 11 is 0. The van der Waals surface area contributed by atoms with Crippen molar-refractivity contribution in [3.63, 3.8) is 0 Å². The van der Waals surface area contributed by atoms with E-state index in [0.29, 0.717) is 33.6 Å². The number of cyclic esters (lactones) is 1. The molecule has 3 heterocycles. The lowest BCUT2D eigenvalue weighted by Gasteiger charge is -2.46. The zero-order valence-electron chi connectivity index (χ0n) is 36.4. The number of anilines is 1. The summed E-state index contributed by atoms with van der Waals surface area (Å²) in [6.07, 6.45) is -3.21. The van der Waals surface area contributed by atoms with Crippen LogP contribution in [0.2, 0.25) is 0 Å². The van der Waals surface area contributed by atoms with Gasteiger partial charge in [-0.3, -0.25) is 19.3 Å². The smallest absolute Gasteiger partial charge is 0.421 e. The number of aliphatic hydroxyl groups excluding tert-OH is 2. The number of imide groups is 1. The van der Waals surface area contributed by atoms with Crippen LogP contribution in [0.1, 0.15) is 57.7 Å². The number of amides is 5. The van der Waals surface area contributed by atoms with Crippen LogP contribution in [-0.4, -0.2) is 97.7 Å². The molecule has 6 N–H and O–H groups in total. The van der Waals surface area contributed by atoms with E-state index in [4.69, 9.17) is 24.7 Å². The van der Waals surface area contributed by atoms with Gasteiger partial charge in [0.2, 0.25) is 11.8 Å². The first kappa shape index (κ1) is 46.0. The molecule has 0 saturated carbocycles. The van der Waals surface area contributed by atoms with Crippen molar-refractivity contribution >= 4 is 35.6 Å². The summed E-state index contributed by atoms with van der Waals surface area (Å²) in [6, 6.07) is 34.3. The Balaban J connectivity index is 1.42. The zero-order chi connectivity index (χ0) is 47.1. The molecule has 0 aliphatic carbocycles. The normalized spacial score (nSPS) is 22.1. The number of nitrogens with zero attached hydrogens (tertiary/aromatic N) is 2. The highest BCUT2D eigenvalue weighted by Crippen LogP contribution is 2.66. The van der Waals surface area contributed by atoms with Gasteiger partial charge in [-0.15, -0.1) is 0 Å². The third kappa shape index (κ3) is 8.93. The second-order valence-corrected chi connectivity index (χ2v) is 16.1. The predicted molar refractivity (Wildman–Crippen MR) is 243 cm³/mol. The Morgan fingerprint density at radius 1 is 0.821 bits per heavy atom. The maximum absolute atomic E-state index is 16.3. The van der Waals surface area contributed by atoms with Crippen molar-refractivity contribution in [2.24, 2.45) is 11.7 Å². The highest BCUT2D eigenvalue weighted by atomic mass is 16.6. The lowest BCUT2D eigenvalue weighted by Crippen LogP contribution is -2.56. The topological polar surface area (TPSA) is 219 Å². The van der Waals surface area contributed by atoms with Crippen molar-refractivity contribution in [3.05, 3.63) is 167 Å². The molecule has 67 heavy (non-hydrogen) atoms. The second-order valence-electron chi connectivity index (χ2n) is 16.1. The molecule has 2 fully saturated rings. The first-order chi connectivity index (χ1) is 32.6. The van der Waals surface area contributed by atoms with Crippen LogP contribution in [0.3, 0.4) is 0 Å². The van der Waals surface area contributed by atoms with Gasteiger partial charge >= 0.3 is 18.1 Å². The van der Waals surface area contributed by atoms with E-state index in [1.165, 1.54) is 13.2 Å². The number of urea groups is 1. The van der Waals surface area contributed by atoms with Crippen LogP contribution in [0, 0.1) is 17.8 Å². The van der Waals surface area contributed by atoms with Crippen LogP contribution in [-0.2, 0) is 34.0 Å². The van der Waals surface area contributed by atoms with Gasteiger partial charge in [-0.25, -0.2) is 14.5 Å². The number of carbonyl (C=O) groups is 5. The number of esters is 1. The van der Waals surface area contributed by atoms with Gasteiger partial charge in [0, 0.05) is 19.2 Å². The summed E-state index contributed by atoms with van der Waals surface area (Å²) in [5.41, 5.74) is 6.05. The summed E-state index contributed by atoms with van der Waals surface area (Å²) in [5, 5.41) is 26.2. The van der Waals surface area contributed by atoms with Gasteiger partial charge in [0.15, 0.2) is 0 Å². The molecule has 0 aromatic heterocycles. The summed E-state index contributed by atoms with van der Waals surface area (Å²) in [6.45, 7) is -0.861. The third-order valence-corrected chi connectivity index (χ3v) is 12.2. The lowest BCUT2D eigenvalue weighted by atomic mass is 9.65. The Hall–Kier alpha value is -7.55. The van der Waals surface area contributed by atoms with E-state index in [-0.39, 0.29) is 50.8 Å². The van der Waals surface area contributed by atoms with E-state index in [9.17, 15) is 19.8 Å². The standard InChI is InChI=1S/C51H49N5O11/c1-64-28-29-66-50(63)55-39-24-19-32(12-11-25-53-49(52)62)30-38(39)51(48(55)61)41(46(59)54-31-40(58)33-13-5-2-6-14-33)43-47(60)67-44(35-17-9-4-10-18-35)42(34-15-7-3-8-16-34)56(43)45(51)36-20-22-37(23-21-36)65-27-26-57/h2-10,13-24,30,40-45,57-58H,25-29,31H2,1H3,(H,54,59)(H3,52,53,62). The molecule has 3 aliphatic rings. The molecule has 2 saturated heterocycles. The molecule has 16 heteroatoms. The van der Waals surface area contributed by atoms with E-state index in [1.54, 1.807) is 66.7 Å². The van der Waals surface area contributed by atoms with Gasteiger partial charge in [0.25, 0.3) is 0 Å². The van der Waals surface area contributed by atoms with E-state index in [0.717, 1.165) is 4.90 Å². The number of aliphatic hydroxyl groups is 2. The molecule has 7 atom stereocenters. The number of morpholine rings is 1. The zero-order valence-corrected chi connectivity index (χ0v) is 36.4. The Kier molecular flexibility index (Phi) is 13.9. The van der Waals surface area contributed by atoms with Crippen molar-refractivity contribution in [2.45, 2.75) is 35.7 Å². The molecule has 16 nitrogen and oxygen atoms in total. The number of nitrogens with two attached hydrogens (primary N) is 1. The van der Waals surface area contributed by atoms with E-state index >= 15 is 14.4 Å². The molecule has 0 bridgehead atoms. The maximum Gasteiger partial charge on any atom is 0.421 e. The van der Waals surface area contributed by atoms with Crippen molar-refractivity contribution in [2.75, 3.05) is 51.5 Å². The molecule has 5 aromatic rings. The highest BCUT2D eigenvalue weighted by molar-refractivity contribution is 6.23. The molecule has 3 aliphatic heterocycles. The number of primary amides is 1. The third-order valence-electron chi connectivity index (χ3n) is 12.2. The summed E-state index contributed by atoms with van der Waals surface area (Å²) in [7, 11) is 1.43. The van der Waals surface area contributed by atoms with E-state index < -0.39 is 71.6 Å². The summed E-state index contributed by atoms with van der Waals surface area (Å²) < 4.78 is 23.0. The average molecular weight is 908 g/mol. The van der Waals surface area contributed by atoms with E-state index in [2.05, 4.69) is 22.5 Å². The summed E-state index contributed by atoms with van der Waals surface area (Å²) in [5.74, 6) is 2.14. The number of carbonyl (C=O) groups excluding carboxylic acids is 5. The average Bonchev–Trinajstić information content (AvgIpc) is 3.81. The first-order valence-electron chi connectivity index (χ1n) is 21.7. The fourth-order valence-electron chi connectivity index (χ4n) is 9.53. The van der Waals surface area contributed by atoms with Gasteiger partial charge in [-0.05, 0) is 58.1 Å². The molecule has 5 aromatic carbocycles. The summed E-state index contributed by atoms with van der Waals surface area (Å²) in [4.78, 5) is 75.8. The molecule has 1 spiro atoms. The largest absolute Gasteiger partial charge is 0.491 e. The second kappa shape index (κ2) is 20.3. The van der Waals surface area contributed by atoms with Crippen molar-refractivity contribution in [3.8, 4) is 17.6 Å². The molecule has 0 radical (unpaired) electrons. The van der Waals surface area contributed by atoms with Gasteiger partial charge in [-0.1, -0.05) is 115 Å². The van der Waals surface area contributed by atoms with Crippen LogP contribution in [0.25, 0.3) is 0 Å². The molecule has 8 rings (SSSR count). The number of benzene rings is 5. The van der Waals surface area contributed by atoms with Gasteiger partial charge in [0.05, 0.1) is 49.6 Å². The number of nitrogens with one attached hydrogen (secondary N) is 2. The molecular formula is C51H49N5O11. The van der Waals surface area contributed by atoms with Crippen molar-refractivity contribution < 1.29 is 53.1 Å². The quantitative estimate of drug-likeness (QED) is 0.0596. The van der Waals surface area contributed by atoms with Crippen LogP contribution >= 0.6 is 0 Å². The number of methoxy groups -OCH3 is 1. The Morgan fingerprint density at radius 3 is 2.15 bits per heavy atom. The van der Waals surface area contributed by atoms with Crippen LogP contribution in [0.4, 0.5) is 15.3 Å². The van der Waals surface area contributed by atoms with E-state index in [1.807, 2.05) is 65.6 Å². The van der Waals surface area contributed by atoms with Crippen molar-refractivity contribution in [1.82, 2.24) is 15.5 Å². The predicted octanol–water partition coefficient (Wildman–Crippen LogP) is 4.38. The van der Waals surface area contributed by atoms with Crippen LogP contribution < -0.4 is 26.0 Å². The molecule has 5 amide bonds. The number of hydrogen-bond donors (Lipinski definition) is 5. The Bertz CT molecular complexity index is 2660. The van der Waals surface area contributed by atoms with Crippen LogP contribution in [0.5, 0.6) is 5.75 Å². The fraction of sp³-hybridized carbons (Fsp3) is 0.275. The number of rotatable bonds is 14. The molecule has 344 valence electrons. The van der Waals surface area contributed by atoms with Gasteiger partial charge < -0.3 is 45.5 Å². The number of hydrogen-bond acceptors (Lipinski definition) is 12. The number of fused-ring (bicyclic) bond motifs is 3. The minimum Gasteiger partial charge on any atom is -0.491 e. The Labute approximate surface area is 386 Å². The highest BCUT2D eigenvalue weighted by Gasteiger charge is 2.75. The van der Waals surface area contributed by atoms with Crippen LogP contribution in [0.15, 0.2) is 133 Å². The number of ether oxygens (including phenoxy) is 4. The molecule has 7 unspecified atom stereocenters. The van der Waals surface area contributed by atoms with Gasteiger partial charge in [0.1, 0.15) is 36.5 Å². The maximum atomic E-state index is 16.3. The minimum absolute atomic E-state index is 0.00342. The fourth-order valence-corrected chi connectivity index (χ4v) is 9.53. The first-order valence-corrected chi connectivity index (χ1v) is 21.7. The monoisotopic (exact) mass is 907 g/mol. The minimum atomic E-state index is -2.14. The molecular weight excluding hydrogens is 859 g/mol. The Morgan fingerprint density at radius 2 is 1.49 bits per heavy atom. The lowest BCUT2D eigenvalue weighted by molar-refractivity contribution is -0.178. The van der Waals surface area contributed by atoms with Gasteiger partial charge in [-0.2, -0.15) is 0 Å². The SMILES string of the molecule is COCCOC(=O)N1C(=O)C2(c3cc(C#CCNC(N)=O)ccc31)C(C(=O)NCC(O)c1ccccc1)C1C(=O)OC(c3ccccc3)C(c3ccccc3)N1C2c1ccc(OCCO)cc1.